The number of nitrogens with two attached hydrogens (primary N) is 1. The van der Waals surface area contributed by atoms with Crippen LogP contribution >= 0.6 is 0 Å². The largest absolute Gasteiger partial charge is 0.394 e. The lowest BCUT2D eigenvalue weighted by Crippen LogP contribution is -2.30. The van der Waals surface area contributed by atoms with Gasteiger partial charge in [0.05, 0.1) is 12.7 Å². The molecule has 0 saturated carbocycles. The van der Waals surface area contributed by atoms with Gasteiger partial charge in [-0.05, 0) is 13.0 Å². The number of nitrogens with one attached hydrogen (secondary N) is 1. The lowest BCUT2D eigenvalue weighted by Gasteiger charge is -2.07. The summed E-state index contributed by atoms with van der Waals surface area (Å²) < 4.78 is 0. The summed E-state index contributed by atoms with van der Waals surface area (Å²) in [5.41, 5.74) is 4.90. The average molecular weight is 176 g/mol. The van der Waals surface area contributed by atoms with Crippen LogP contribution in [0.1, 0.15) is 12.8 Å². The van der Waals surface area contributed by atoms with Gasteiger partial charge in [0.15, 0.2) is 0 Å². The van der Waals surface area contributed by atoms with Crippen molar-refractivity contribution in [1.82, 2.24) is 5.32 Å². The van der Waals surface area contributed by atoms with Gasteiger partial charge in [-0.1, -0.05) is 0 Å². The molecule has 5 heteroatoms. The Hall–Kier alpha value is -0.650. The molecule has 0 fully saturated rings. The summed E-state index contributed by atoms with van der Waals surface area (Å²) >= 11 is 0. The van der Waals surface area contributed by atoms with Gasteiger partial charge in [-0.15, -0.1) is 0 Å². The number of rotatable bonds is 7. The van der Waals surface area contributed by atoms with Crippen LogP contribution in [0, 0.1) is 0 Å². The minimum atomic E-state index is -0.724. The van der Waals surface area contributed by atoms with E-state index in [1.165, 1.54) is 0 Å². The molecule has 0 heterocycles. The van der Waals surface area contributed by atoms with Gasteiger partial charge < -0.3 is 21.3 Å². The van der Waals surface area contributed by atoms with Crippen molar-refractivity contribution >= 4 is 5.91 Å². The molecule has 1 atom stereocenters. The molecule has 5 nitrogen and oxygen atoms in total. The lowest BCUT2D eigenvalue weighted by molar-refractivity contribution is -0.118. The van der Waals surface area contributed by atoms with Crippen LogP contribution in [0.2, 0.25) is 0 Å². The third kappa shape index (κ3) is 7.46. The Balaban J connectivity index is 3.05. The maximum atomic E-state index is 10.3. The molecule has 0 aromatic rings. The van der Waals surface area contributed by atoms with Crippen LogP contribution in [0.15, 0.2) is 0 Å². The van der Waals surface area contributed by atoms with Crippen molar-refractivity contribution in [1.29, 1.82) is 0 Å². The number of aliphatic hydroxyl groups is 2. The highest BCUT2D eigenvalue weighted by atomic mass is 16.3. The quantitative estimate of drug-likeness (QED) is 0.344. The van der Waals surface area contributed by atoms with Crippen molar-refractivity contribution in [3.63, 3.8) is 0 Å². The number of carbonyl (C=O) groups is 1. The first-order valence-electron chi connectivity index (χ1n) is 3.94. The van der Waals surface area contributed by atoms with E-state index in [0.29, 0.717) is 25.9 Å². The Morgan fingerprint density at radius 1 is 1.58 bits per heavy atom. The van der Waals surface area contributed by atoms with Gasteiger partial charge in [0, 0.05) is 13.0 Å². The molecule has 0 rings (SSSR count). The summed E-state index contributed by atoms with van der Waals surface area (Å²) in [6.45, 7) is 0.720. The Bertz CT molecular complexity index is 130. The number of amides is 1. The number of hydrogen-bond acceptors (Lipinski definition) is 4. The minimum Gasteiger partial charge on any atom is -0.394 e. The molecular formula is C7H16N2O3. The topological polar surface area (TPSA) is 95.6 Å². The van der Waals surface area contributed by atoms with E-state index in [0.717, 1.165) is 0 Å². The Morgan fingerprint density at radius 2 is 2.25 bits per heavy atom. The fourth-order valence-corrected chi connectivity index (χ4v) is 0.721. The lowest BCUT2D eigenvalue weighted by atomic mass is 10.3. The van der Waals surface area contributed by atoms with E-state index in [9.17, 15) is 4.79 Å². The zero-order valence-corrected chi connectivity index (χ0v) is 6.99. The number of primary amides is 1. The van der Waals surface area contributed by atoms with Crippen LogP contribution in [0.5, 0.6) is 0 Å². The predicted octanol–water partition coefficient (Wildman–Crippen LogP) is -1.81. The zero-order valence-electron chi connectivity index (χ0n) is 6.99. The molecule has 0 bridgehead atoms. The van der Waals surface area contributed by atoms with Crippen LogP contribution in [-0.4, -0.2) is 41.9 Å². The van der Waals surface area contributed by atoms with Crippen molar-refractivity contribution < 1.29 is 15.0 Å². The van der Waals surface area contributed by atoms with E-state index in [1.807, 2.05) is 0 Å². The van der Waals surface area contributed by atoms with E-state index >= 15 is 0 Å². The van der Waals surface area contributed by atoms with Gasteiger partial charge >= 0.3 is 0 Å². The molecule has 0 radical (unpaired) electrons. The molecule has 1 amide bonds. The van der Waals surface area contributed by atoms with Crippen molar-refractivity contribution in [2.75, 3.05) is 19.7 Å². The minimum absolute atomic E-state index is 0.247. The van der Waals surface area contributed by atoms with Gasteiger partial charge in [-0.2, -0.15) is 0 Å². The smallest absolute Gasteiger partial charge is 0.217 e. The Kier molecular flexibility index (Phi) is 6.64. The van der Waals surface area contributed by atoms with Crippen LogP contribution in [0.4, 0.5) is 0 Å². The first kappa shape index (κ1) is 11.4. The first-order valence-corrected chi connectivity index (χ1v) is 3.94. The summed E-state index contributed by atoms with van der Waals surface area (Å²) in [5, 5.41) is 20.2. The number of carbonyl (C=O) groups excluding carboxylic acids is 1. The second-order valence-corrected chi connectivity index (χ2v) is 2.61. The maximum Gasteiger partial charge on any atom is 0.217 e. The highest BCUT2D eigenvalue weighted by Gasteiger charge is 1.99. The summed E-state index contributed by atoms with van der Waals surface area (Å²) in [5.74, 6) is -0.320. The molecule has 5 N–H and O–H groups in total. The van der Waals surface area contributed by atoms with Gasteiger partial charge in [-0.3, -0.25) is 4.79 Å². The van der Waals surface area contributed by atoms with Crippen LogP contribution in [0.3, 0.4) is 0 Å². The molecule has 72 valence electrons. The molecule has 0 aromatic carbocycles. The summed E-state index contributed by atoms with van der Waals surface area (Å²) in [6.07, 6.45) is 0.286. The monoisotopic (exact) mass is 176 g/mol. The van der Waals surface area contributed by atoms with Crippen molar-refractivity contribution in [2.24, 2.45) is 5.73 Å². The van der Waals surface area contributed by atoms with E-state index in [1.54, 1.807) is 0 Å². The molecule has 0 aliphatic heterocycles. The highest BCUT2D eigenvalue weighted by Crippen LogP contribution is 1.84. The second-order valence-electron chi connectivity index (χ2n) is 2.61. The van der Waals surface area contributed by atoms with Crippen LogP contribution < -0.4 is 11.1 Å². The van der Waals surface area contributed by atoms with Gasteiger partial charge in [0.25, 0.3) is 0 Å². The predicted molar refractivity (Wildman–Crippen MR) is 44.4 cm³/mol. The Morgan fingerprint density at radius 3 is 2.75 bits per heavy atom. The van der Waals surface area contributed by atoms with Crippen molar-refractivity contribution in [3.05, 3.63) is 0 Å². The first-order chi connectivity index (χ1) is 5.66. The fraction of sp³-hybridized carbons (Fsp3) is 0.857. The van der Waals surface area contributed by atoms with Gasteiger partial charge in [-0.25, -0.2) is 0 Å². The van der Waals surface area contributed by atoms with Gasteiger partial charge in [0.2, 0.25) is 5.91 Å². The number of hydrogen-bond donors (Lipinski definition) is 4. The number of aliphatic hydroxyl groups excluding tert-OH is 2. The SMILES string of the molecule is NC(=O)CCCNC[C@H](O)CO. The van der Waals surface area contributed by atoms with E-state index in [2.05, 4.69) is 5.32 Å². The second kappa shape index (κ2) is 7.02. The van der Waals surface area contributed by atoms with Crippen molar-refractivity contribution in [2.45, 2.75) is 18.9 Å². The molecule has 0 aliphatic carbocycles. The maximum absolute atomic E-state index is 10.3. The van der Waals surface area contributed by atoms with E-state index < -0.39 is 6.10 Å². The van der Waals surface area contributed by atoms with E-state index in [-0.39, 0.29) is 12.5 Å². The molecule has 12 heavy (non-hydrogen) atoms. The molecule has 0 unspecified atom stereocenters. The summed E-state index contributed by atoms with van der Waals surface area (Å²) in [6, 6.07) is 0. The van der Waals surface area contributed by atoms with E-state index in [4.69, 9.17) is 15.9 Å². The highest BCUT2D eigenvalue weighted by molar-refractivity contribution is 5.73. The average Bonchev–Trinajstić information content (AvgIpc) is 2.03. The summed E-state index contributed by atoms with van der Waals surface area (Å²) in [7, 11) is 0. The van der Waals surface area contributed by atoms with Crippen molar-refractivity contribution in [3.8, 4) is 0 Å². The normalized spacial score (nSPS) is 12.8. The standard InChI is InChI=1S/C7H16N2O3/c8-7(12)2-1-3-9-4-6(11)5-10/h6,9-11H,1-5H2,(H2,8,12)/t6-/m0/s1. The summed E-state index contributed by atoms with van der Waals surface area (Å²) in [4.78, 5) is 10.3. The van der Waals surface area contributed by atoms with Crippen LogP contribution in [0.25, 0.3) is 0 Å². The molecule has 0 aromatic heterocycles. The molecule has 0 aliphatic rings. The third-order valence-electron chi connectivity index (χ3n) is 1.37. The third-order valence-corrected chi connectivity index (χ3v) is 1.37. The zero-order chi connectivity index (χ0) is 9.40. The fourth-order valence-electron chi connectivity index (χ4n) is 0.721. The molecule has 0 saturated heterocycles. The molecule has 0 spiro atoms. The van der Waals surface area contributed by atoms with Gasteiger partial charge in [0.1, 0.15) is 0 Å². The van der Waals surface area contributed by atoms with Crippen LogP contribution in [-0.2, 0) is 4.79 Å². The Labute approximate surface area is 71.6 Å². The molecular weight excluding hydrogens is 160 g/mol.